The molecule has 1 saturated carbocycles. The highest BCUT2D eigenvalue weighted by Crippen LogP contribution is 2.41. The molecule has 0 aromatic heterocycles. The maximum atomic E-state index is 12.0. The highest BCUT2D eigenvalue weighted by molar-refractivity contribution is 9.10. The lowest BCUT2D eigenvalue weighted by Gasteiger charge is -2.43. The highest BCUT2D eigenvalue weighted by Gasteiger charge is 2.39. The van der Waals surface area contributed by atoms with E-state index >= 15 is 0 Å². The van der Waals surface area contributed by atoms with Crippen LogP contribution in [0.3, 0.4) is 0 Å². The zero-order valence-electron chi connectivity index (χ0n) is 11.7. The summed E-state index contributed by atoms with van der Waals surface area (Å²) in [7, 11) is 1.91. The fourth-order valence-electron chi connectivity index (χ4n) is 2.56. The molecular weight excluding hydrogens is 340 g/mol. The standard InChI is InChI=1S/C15H21BrN2O.ClH/c1-17-10-3-7-14(19)18-15(8-4-9-15)12-5-2-6-13(16)11-12;/h2,5-6,11,17H,3-4,7-10H2,1H3,(H,18,19);1H. The summed E-state index contributed by atoms with van der Waals surface area (Å²) in [5, 5.41) is 6.31. The average Bonchev–Trinajstić information content (AvgIpc) is 2.34. The van der Waals surface area contributed by atoms with Crippen molar-refractivity contribution in [2.45, 2.75) is 37.6 Å². The van der Waals surface area contributed by atoms with Crippen LogP contribution in [0.25, 0.3) is 0 Å². The normalized spacial score (nSPS) is 15.9. The van der Waals surface area contributed by atoms with Crippen molar-refractivity contribution in [3.8, 4) is 0 Å². The molecule has 2 rings (SSSR count). The van der Waals surface area contributed by atoms with Gasteiger partial charge in [-0.1, -0.05) is 28.1 Å². The van der Waals surface area contributed by atoms with Crippen molar-refractivity contribution in [3.05, 3.63) is 34.3 Å². The van der Waals surface area contributed by atoms with Gasteiger partial charge in [0.05, 0.1) is 5.54 Å². The summed E-state index contributed by atoms with van der Waals surface area (Å²) in [4.78, 5) is 12.0. The summed E-state index contributed by atoms with van der Waals surface area (Å²) in [5.74, 6) is 0.162. The predicted octanol–water partition coefficient (Wildman–Crippen LogP) is 3.37. The van der Waals surface area contributed by atoms with Crippen molar-refractivity contribution in [1.29, 1.82) is 0 Å². The topological polar surface area (TPSA) is 41.1 Å². The second-order valence-corrected chi connectivity index (χ2v) is 6.12. The highest BCUT2D eigenvalue weighted by atomic mass is 79.9. The Balaban J connectivity index is 0.00000200. The molecule has 0 heterocycles. The second-order valence-electron chi connectivity index (χ2n) is 5.20. The number of rotatable bonds is 6. The number of nitrogens with one attached hydrogen (secondary N) is 2. The van der Waals surface area contributed by atoms with Crippen LogP contribution in [0.4, 0.5) is 0 Å². The maximum Gasteiger partial charge on any atom is 0.220 e. The molecule has 0 bridgehead atoms. The Labute approximate surface area is 135 Å². The molecule has 0 radical (unpaired) electrons. The van der Waals surface area contributed by atoms with Crippen LogP contribution in [0.1, 0.15) is 37.7 Å². The first-order valence-corrected chi connectivity index (χ1v) is 7.67. The van der Waals surface area contributed by atoms with Gasteiger partial charge in [0.25, 0.3) is 0 Å². The van der Waals surface area contributed by atoms with E-state index in [1.165, 1.54) is 12.0 Å². The smallest absolute Gasteiger partial charge is 0.220 e. The summed E-state index contributed by atoms with van der Waals surface area (Å²) < 4.78 is 1.07. The molecule has 3 nitrogen and oxygen atoms in total. The Kier molecular flexibility index (Phi) is 7.00. The number of hydrogen-bond donors (Lipinski definition) is 2. The Morgan fingerprint density at radius 2 is 2.15 bits per heavy atom. The molecule has 0 saturated heterocycles. The summed E-state index contributed by atoms with van der Waals surface area (Å²) in [6.45, 7) is 0.886. The van der Waals surface area contributed by atoms with Crippen LogP contribution in [0.15, 0.2) is 28.7 Å². The van der Waals surface area contributed by atoms with Crippen LogP contribution in [0, 0.1) is 0 Å². The van der Waals surface area contributed by atoms with Crippen LogP contribution in [-0.4, -0.2) is 19.5 Å². The second kappa shape index (κ2) is 8.01. The van der Waals surface area contributed by atoms with E-state index in [0.717, 1.165) is 30.3 Å². The summed E-state index contributed by atoms with van der Waals surface area (Å²) in [6.07, 6.45) is 4.75. The lowest BCUT2D eigenvalue weighted by atomic mass is 9.71. The fraction of sp³-hybridized carbons (Fsp3) is 0.533. The van der Waals surface area contributed by atoms with Gasteiger partial charge in [-0.15, -0.1) is 12.4 Å². The Morgan fingerprint density at radius 3 is 2.70 bits per heavy atom. The number of carbonyl (C=O) groups excluding carboxylic acids is 1. The van der Waals surface area contributed by atoms with Crippen LogP contribution >= 0.6 is 28.3 Å². The van der Waals surface area contributed by atoms with Gasteiger partial charge in [-0.05, 0) is 57.0 Å². The van der Waals surface area contributed by atoms with E-state index in [2.05, 4.69) is 38.7 Å². The Hall–Kier alpha value is -0.580. The third kappa shape index (κ3) is 4.21. The van der Waals surface area contributed by atoms with Crippen LogP contribution in [0.5, 0.6) is 0 Å². The molecule has 20 heavy (non-hydrogen) atoms. The van der Waals surface area contributed by atoms with E-state index < -0.39 is 0 Å². The minimum absolute atomic E-state index is 0. The summed E-state index contributed by atoms with van der Waals surface area (Å²) in [5.41, 5.74) is 1.09. The van der Waals surface area contributed by atoms with Gasteiger partial charge in [0.15, 0.2) is 0 Å². The van der Waals surface area contributed by atoms with Gasteiger partial charge in [0, 0.05) is 10.9 Å². The van der Waals surface area contributed by atoms with E-state index in [-0.39, 0.29) is 23.9 Å². The van der Waals surface area contributed by atoms with Gasteiger partial charge in [0.2, 0.25) is 5.91 Å². The molecule has 1 aliphatic rings. The molecule has 0 aliphatic heterocycles. The molecule has 2 N–H and O–H groups in total. The minimum Gasteiger partial charge on any atom is -0.347 e. The molecule has 1 fully saturated rings. The number of halogens is 2. The largest absolute Gasteiger partial charge is 0.347 e. The van der Waals surface area contributed by atoms with Gasteiger partial charge in [-0.25, -0.2) is 0 Å². The van der Waals surface area contributed by atoms with Gasteiger partial charge < -0.3 is 10.6 Å². The quantitative estimate of drug-likeness (QED) is 0.763. The number of benzene rings is 1. The molecule has 1 aromatic carbocycles. The van der Waals surface area contributed by atoms with E-state index in [1.54, 1.807) is 0 Å². The van der Waals surface area contributed by atoms with Crippen molar-refractivity contribution in [3.63, 3.8) is 0 Å². The molecule has 0 unspecified atom stereocenters. The number of hydrogen-bond acceptors (Lipinski definition) is 2. The predicted molar refractivity (Wildman–Crippen MR) is 88.2 cm³/mol. The summed E-state index contributed by atoms with van der Waals surface area (Å²) in [6, 6.07) is 8.28. The summed E-state index contributed by atoms with van der Waals surface area (Å²) >= 11 is 3.50. The number of amides is 1. The van der Waals surface area contributed by atoms with Gasteiger partial charge in [0.1, 0.15) is 0 Å². The fourth-order valence-corrected chi connectivity index (χ4v) is 2.96. The molecule has 1 aliphatic carbocycles. The molecular formula is C15H22BrClN2O. The van der Waals surface area contributed by atoms with Crippen molar-refractivity contribution in [1.82, 2.24) is 10.6 Å². The Bertz CT molecular complexity index is 449. The van der Waals surface area contributed by atoms with E-state index in [0.29, 0.717) is 6.42 Å². The van der Waals surface area contributed by atoms with E-state index in [9.17, 15) is 4.79 Å². The zero-order chi connectivity index (χ0) is 13.7. The molecule has 0 atom stereocenters. The van der Waals surface area contributed by atoms with Crippen molar-refractivity contribution < 1.29 is 4.79 Å². The SMILES string of the molecule is CNCCCC(=O)NC1(c2cccc(Br)c2)CCC1.Cl. The minimum atomic E-state index is -0.124. The first-order chi connectivity index (χ1) is 9.16. The van der Waals surface area contributed by atoms with Crippen molar-refractivity contribution in [2.24, 2.45) is 0 Å². The van der Waals surface area contributed by atoms with Gasteiger partial charge in [-0.3, -0.25) is 4.79 Å². The molecule has 0 spiro atoms. The average molecular weight is 362 g/mol. The lowest BCUT2D eigenvalue weighted by molar-refractivity contribution is -0.124. The molecule has 5 heteroatoms. The first kappa shape index (κ1) is 17.5. The Morgan fingerprint density at radius 1 is 1.40 bits per heavy atom. The van der Waals surface area contributed by atoms with Crippen LogP contribution < -0.4 is 10.6 Å². The molecule has 112 valence electrons. The van der Waals surface area contributed by atoms with Crippen molar-refractivity contribution >= 4 is 34.2 Å². The zero-order valence-corrected chi connectivity index (χ0v) is 14.1. The molecule has 1 amide bonds. The van der Waals surface area contributed by atoms with Crippen molar-refractivity contribution in [2.75, 3.05) is 13.6 Å². The van der Waals surface area contributed by atoms with Crippen LogP contribution in [0.2, 0.25) is 0 Å². The van der Waals surface area contributed by atoms with Gasteiger partial charge in [-0.2, -0.15) is 0 Å². The van der Waals surface area contributed by atoms with Crippen LogP contribution in [-0.2, 0) is 10.3 Å². The maximum absolute atomic E-state index is 12.0. The van der Waals surface area contributed by atoms with E-state index in [4.69, 9.17) is 0 Å². The lowest BCUT2D eigenvalue weighted by Crippen LogP contribution is -2.50. The third-order valence-corrected chi connectivity index (χ3v) is 4.29. The number of carbonyl (C=O) groups is 1. The first-order valence-electron chi connectivity index (χ1n) is 6.88. The van der Waals surface area contributed by atoms with E-state index in [1.807, 2.05) is 19.2 Å². The third-order valence-electron chi connectivity index (χ3n) is 3.79. The van der Waals surface area contributed by atoms with Gasteiger partial charge >= 0.3 is 0 Å². The monoisotopic (exact) mass is 360 g/mol. The molecule has 1 aromatic rings.